The van der Waals surface area contributed by atoms with Crippen LogP contribution in [0.15, 0.2) is 4.34 Å². The monoisotopic (exact) mass is 328 g/mol. The number of carbonyl (C=O) groups is 2. The Kier molecular flexibility index (Phi) is 5.98. The van der Waals surface area contributed by atoms with Gasteiger partial charge in [0.05, 0.1) is 0 Å². The minimum Gasteiger partial charge on any atom is -0.343 e. The number of hydrogen-bond acceptors (Lipinski definition) is 6. The van der Waals surface area contributed by atoms with Gasteiger partial charge in [-0.05, 0) is 12.8 Å². The molecule has 1 N–H and O–H groups in total. The number of nitrogens with zero attached hydrogens (tertiary/aromatic N) is 3. The van der Waals surface area contributed by atoms with Crippen LogP contribution in [0.2, 0.25) is 0 Å². The molecule has 21 heavy (non-hydrogen) atoms. The van der Waals surface area contributed by atoms with Crippen LogP contribution in [0.4, 0.5) is 5.13 Å². The zero-order chi connectivity index (χ0) is 15.2. The number of hydrogen-bond donors (Lipinski definition) is 1. The lowest BCUT2D eigenvalue weighted by atomic mass is 10.3. The van der Waals surface area contributed by atoms with Crippen molar-refractivity contribution in [3.05, 3.63) is 0 Å². The Labute approximate surface area is 132 Å². The summed E-state index contributed by atoms with van der Waals surface area (Å²) in [6.45, 7) is 5.66. The molecule has 6 nitrogen and oxygen atoms in total. The van der Waals surface area contributed by atoms with Gasteiger partial charge < -0.3 is 10.2 Å². The molecule has 116 valence electrons. The van der Waals surface area contributed by atoms with Gasteiger partial charge in [0.25, 0.3) is 0 Å². The van der Waals surface area contributed by atoms with Crippen molar-refractivity contribution in [3.63, 3.8) is 0 Å². The van der Waals surface area contributed by atoms with Crippen LogP contribution in [0.3, 0.4) is 0 Å². The molecule has 1 aromatic heterocycles. The lowest BCUT2D eigenvalue weighted by Gasteiger charge is -2.14. The molecule has 1 aromatic rings. The van der Waals surface area contributed by atoms with E-state index in [-0.39, 0.29) is 11.8 Å². The highest BCUT2D eigenvalue weighted by Gasteiger charge is 2.19. The van der Waals surface area contributed by atoms with Gasteiger partial charge in [0.1, 0.15) is 0 Å². The van der Waals surface area contributed by atoms with Crippen LogP contribution in [0.5, 0.6) is 0 Å². The molecule has 0 atom stereocenters. The van der Waals surface area contributed by atoms with Crippen molar-refractivity contribution >= 4 is 40.0 Å². The first kappa shape index (κ1) is 16.2. The highest BCUT2D eigenvalue weighted by atomic mass is 32.2. The third-order valence-corrected chi connectivity index (χ3v) is 4.92. The van der Waals surface area contributed by atoms with E-state index in [0.717, 1.165) is 17.3 Å². The molecule has 0 radical (unpaired) electrons. The first-order valence-corrected chi connectivity index (χ1v) is 8.82. The van der Waals surface area contributed by atoms with Crippen molar-refractivity contribution in [2.45, 2.75) is 49.1 Å². The fraction of sp³-hybridized carbons (Fsp3) is 0.692. The third-order valence-electron chi connectivity index (χ3n) is 2.99. The Morgan fingerprint density at radius 1 is 1.48 bits per heavy atom. The molecular weight excluding hydrogens is 308 g/mol. The second kappa shape index (κ2) is 7.74. The Bertz CT molecular complexity index is 504. The van der Waals surface area contributed by atoms with Gasteiger partial charge in [0.15, 0.2) is 4.34 Å². The van der Waals surface area contributed by atoms with Crippen LogP contribution in [0, 0.1) is 0 Å². The molecule has 0 unspecified atom stereocenters. The number of aromatic nitrogens is 2. The van der Waals surface area contributed by atoms with Crippen molar-refractivity contribution in [2.24, 2.45) is 0 Å². The van der Waals surface area contributed by atoms with E-state index in [0.29, 0.717) is 36.2 Å². The summed E-state index contributed by atoms with van der Waals surface area (Å²) in [7, 11) is 0. The summed E-state index contributed by atoms with van der Waals surface area (Å²) in [6.07, 6.45) is 2.67. The standard InChI is InChI=1S/C13H20N4O2S2/c1-9(2)20-13-16-15-12(21-13)14-10(18)5-3-7-17-8-4-6-11(17)19/h9H,3-8H2,1-2H3,(H,14,15,18). The molecule has 2 rings (SSSR count). The summed E-state index contributed by atoms with van der Waals surface area (Å²) >= 11 is 3.02. The molecule has 1 fully saturated rings. The first-order chi connectivity index (χ1) is 10.0. The van der Waals surface area contributed by atoms with E-state index in [9.17, 15) is 9.59 Å². The van der Waals surface area contributed by atoms with E-state index in [1.54, 1.807) is 11.8 Å². The fourth-order valence-corrected chi connectivity index (χ4v) is 4.05. The van der Waals surface area contributed by atoms with E-state index >= 15 is 0 Å². The van der Waals surface area contributed by atoms with Crippen molar-refractivity contribution in [2.75, 3.05) is 18.4 Å². The summed E-state index contributed by atoms with van der Waals surface area (Å²) in [5.41, 5.74) is 0. The van der Waals surface area contributed by atoms with Crippen LogP contribution >= 0.6 is 23.1 Å². The highest BCUT2D eigenvalue weighted by molar-refractivity contribution is 8.01. The molecule has 0 bridgehead atoms. The third kappa shape index (κ3) is 5.28. The lowest BCUT2D eigenvalue weighted by molar-refractivity contribution is -0.128. The van der Waals surface area contributed by atoms with Crippen molar-refractivity contribution < 1.29 is 9.59 Å². The summed E-state index contributed by atoms with van der Waals surface area (Å²) in [4.78, 5) is 25.1. The highest BCUT2D eigenvalue weighted by Crippen LogP contribution is 2.28. The summed E-state index contributed by atoms with van der Waals surface area (Å²) in [6, 6.07) is 0. The van der Waals surface area contributed by atoms with Crippen LogP contribution in [0.1, 0.15) is 39.5 Å². The van der Waals surface area contributed by atoms with Gasteiger partial charge in [0, 0.05) is 31.2 Å². The molecule has 1 aliphatic rings. The van der Waals surface area contributed by atoms with Gasteiger partial charge in [-0.25, -0.2) is 0 Å². The van der Waals surface area contributed by atoms with Gasteiger partial charge in [-0.1, -0.05) is 36.9 Å². The van der Waals surface area contributed by atoms with Crippen molar-refractivity contribution in [1.29, 1.82) is 0 Å². The molecule has 0 aliphatic carbocycles. The van der Waals surface area contributed by atoms with Gasteiger partial charge in [-0.3, -0.25) is 9.59 Å². The number of carbonyl (C=O) groups excluding carboxylic acids is 2. The van der Waals surface area contributed by atoms with Crippen LogP contribution < -0.4 is 5.32 Å². The van der Waals surface area contributed by atoms with E-state index in [1.807, 2.05) is 4.90 Å². The van der Waals surface area contributed by atoms with Gasteiger partial charge >= 0.3 is 0 Å². The zero-order valence-electron chi connectivity index (χ0n) is 12.3. The smallest absolute Gasteiger partial charge is 0.226 e. The summed E-state index contributed by atoms with van der Waals surface area (Å²) in [5, 5.41) is 11.7. The maximum absolute atomic E-state index is 11.8. The molecule has 1 aliphatic heterocycles. The van der Waals surface area contributed by atoms with Crippen LogP contribution in [-0.2, 0) is 9.59 Å². The second-order valence-electron chi connectivity index (χ2n) is 5.18. The SMILES string of the molecule is CC(C)Sc1nnc(NC(=O)CCCN2CCCC2=O)s1. The van der Waals surface area contributed by atoms with Crippen LogP contribution in [-0.4, -0.2) is 45.3 Å². The minimum atomic E-state index is -0.0705. The molecule has 1 saturated heterocycles. The maximum atomic E-state index is 11.8. The molecule has 2 amide bonds. The van der Waals surface area contributed by atoms with E-state index in [2.05, 4.69) is 29.4 Å². The average Bonchev–Trinajstić information content (AvgIpc) is 2.99. The maximum Gasteiger partial charge on any atom is 0.226 e. The largest absolute Gasteiger partial charge is 0.343 e. The Hall–Kier alpha value is -1.15. The quantitative estimate of drug-likeness (QED) is 0.614. The number of nitrogens with one attached hydrogen (secondary N) is 1. The van der Waals surface area contributed by atoms with Crippen molar-refractivity contribution in [1.82, 2.24) is 15.1 Å². The lowest BCUT2D eigenvalue weighted by Crippen LogP contribution is -2.26. The van der Waals surface area contributed by atoms with Crippen LogP contribution in [0.25, 0.3) is 0 Å². The van der Waals surface area contributed by atoms with E-state index < -0.39 is 0 Å². The van der Waals surface area contributed by atoms with Gasteiger partial charge in [-0.2, -0.15) is 0 Å². The minimum absolute atomic E-state index is 0.0705. The van der Waals surface area contributed by atoms with Gasteiger partial charge in [0.2, 0.25) is 16.9 Å². The number of anilines is 1. The Morgan fingerprint density at radius 3 is 2.95 bits per heavy atom. The number of amides is 2. The molecule has 0 saturated carbocycles. The zero-order valence-corrected chi connectivity index (χ0v) is 13.9. The molecule has 0 spiro atoms. The molecule has 0 aromatic carbocycles. The average molecular weight is 328 g/mol. The Balaban J connectivity index is 1.69. The van der Waals surface area contributed by atoms with E-state index in [1.165, 1.54) is 11.3 Å². The number of rotatable bonds is 7. The fourth-order valence-electron chi connectivity index (χ4n) is 2.06. The normalized spacial score (nSPS) is 15.0. The predicted octanol–water partition coefficient (Wildman–Crippen LogP) is 2.38. The topological polar surface area (TPSA) is 75.2 Å². The summed E-state index contributed by atoms with van der Waals surface area (Å²) < 4.78 is 0.864. The summed E-state index contributed by atoms with van der Waals surface area (Å²) in [5.74, 6) is 0.133. The molecular formula is C13H20N4O2S2. The van der Waals surface area contributed by atoms with E-state index in [4.69, 9.17) is 0 Å². The second-order valence-corrected chi connectivity index (χ2v) is 7.98. The first-order valence-electron chi connectivity index (χ1n) is 7.12. The van der Waals surface area contributed by atoms with Gasteiger partial charge in [-0.15, -0.1) is 10.2 Å². The molecule has 8 heteroatoms. The Morgan fingerprint density at radius 2 is 2.29 bits per heavy atom. The number of likely N-dealkylation sites (tertiary alicyclic amines) is 1. The molecule has 2 heterocycles. The number of thioether (sulfide) groups is 1. The predicted molar refractivity (Wildman–Crippen MR) is 84.6 cm³/mol. The van der Waals surface area contributed by atoms with Crippen molar-refractivity contribution in [3.8, 4) is 0 Å².